The minimum Gasteiger partial charge on any atom is -0.382 e. The van der Waals surface area contributed by atoms with Crippen LogP contribution in [0.25, 0.3) is 11.2 Å². The summed E-state index contributed by atoms with van der Waals surface area (Å²) in [5.74, 6) is -1.49. The molecule has 108 valence electrons. The Balaban J connectivity index is 2.02. The molecule has 20 heavy (non-hydrogen) atoms. The second-order valence-electron chi connectivity index (χ2n) is 5.12. The van der Waals surface area contributed by atoms with E-state index in [1.807, 2.05) is 0 Å². The van der Waals surface area contributed by atoms with Crippen molar-refractivity contribution in [1.82, 2.24) is 19.9 Å². The number of imidazole rings is 1. The fourth-order valence-corrected chi connectivity index (χ4v) is 2.89. The highest BCUT2D eigenvalue weighted by molar-refractivity contribution is 5.81. The Kier molecular flexibility index (Phi) is 3.02. The third kappa shape index (κ3) is 2.19. The van der Waals surface area contributed by atoms with E-state index >= 15 is 0 Å². The van der Waals surface area contributed by atoms with Crippen LogP contribution in [0.4, 0.5) is 19.0 Å². The number of rotatable bonds is 1. The number of aromatic amines is 1. The molecule has 2 heterocycles. The zero-order chi connectivity index (χ0) is 14.3. The molecule has 3 N–H and O–H groups in total. The van der Waals surface area contributed by atoms with Crippen molar-refractivity contribution >= 4 is 17.0 Å². The molecule has 0 radical (unpaired) electrons. The number of H-pyrrole nitrogens is 1. The maximum absolute atomic E-state index is 13.1. The molecule has 1 aliphatic rings. The lowest BCUT2D eigenvalue weighted by atomic mass is 9.78. The molecule has 1 saturated carbocycles. The number of fused-ring (bicyclic) bond motifs is 1. The number of hydrogen-bond acceptors (Lipinski definition) is 4. The van der Waals surface area contributed by atoms with Crippen LogP contribution in [0.1, 0.15) is 37.4 Å². The Bertz CT molecular complexity index is 621. The largest absolute Gasteiger partial charge is 0.392 e. The van der Waals surface area contributed by atoms with Gasteiger partial charge < -0.3 is 10.7 Å². The third-order valence-corrected chi connectivity index (χ3v) is 3.87. The zero-order valence-corrected chi connectivity index (χ0v) is 10.6. The Hall–Kier alpha value is -1.86. The van der Waals surface area contributed by atoms with Crippen molar-refractivity contribution < 1.29 is 13.2 Å². The number of nitrogens with zero attached hydrogens (tertiary/aromatic N) is 3. The molecule has 1 aliphatic carbocycles. The summed E-state index contributed by atoms with van der Waals surface area (Å²) in [5.41, 5.74) is 6.40. The van der Waals surface area contributed by atoms with Gasteiger partial charge in [-0.2, -0.15) is 13.2 Å². The Morgan fingerprint density at radius 1 is 1.20 bits per heavy atom. The minimum atomic E-state index is -4.21. The van der Waals surface area contributed by atoms with Crippen molar-refractivity contribution in [2.45, 2.75) is 37.8 Å². The first-order valence-corrected chi connectivity index (χ1v) is 6.49. The first-order valence-electron chi connectivity index (χ1n) is 6.49. The molecule has 2 unspecified atom stereocenters. The Labute approximate surface area is 112 Å². The van der Waals surface area contributed by atoms with E-state index in [1.54, 1.807) is 0 Å². The fraction of sp³-hybridized carbons (Fsp3) is 0.583. The van der Waals surface area contributed by atoms with Gasteiger partial charge in [0.15, 0.2) is 11.5 Å². The van der Waals surface area contributed by atoms with Gasteiger partial charge in [0, 0.05) is 5.92 Å². The maximum Gasteiger partial charge on any atom is 0.392 e. The van der Waals surface area contributed by atoms with E-state index in [1.165, 1.54) is 6.33 Å². The van der Waals surface area contributed by atoms with Gasteiger partial charge in [-0.3, -0.25) is 0 Å². The number of aromatic nitrogens is 4. The molecule has 2 aromatic heterocycles. The standard InChI is InChI=1S/C12H14F3N5/c13-12(14,15)7-4-2-1-3-6(7)10-19-8-9(16)17-5-18-11(8)20-10/h5-7H,1-4H2,(H3,16,17,18,19,20). The molecule has 5 nitrogen and oxygen atoms in total. The lowest BCUT2D eigenvalue weighted by molar-refractivity contribution is -0.187. The summed E-state index contributed by atoms with van der Waals surface area (Å²) in [4.78, 5) is 14.8. The lowest BCUT2D eigenvalue weighted by Crippen LogP contribution is -2.32. The molecule has 3 rings (SSSR count). The van der Waals surface area contributed by atoms with Gasteiger partial charge in [-0.25, -0.2) is 15.0 Å². The van der Waals surface area contributed by atoms with E-state index in [2.05, 4.69) is 19.9 Å². The molecule has 2 aromatic rings. The summed E-state index contributed by atoms with van der Waals surface area (Å²) in [6, 6.07) is 0. The Morgan fingerprint density at radius 3 is 2.65 bits per heavy atom. The molecule has 8 heteroatoms. The topological polar surface area (TPSA) is 80.5 Å². The monoisotopic (exact) mass is 285 g/mol. The van der Waals surface area contributed by atoms with Crippen LogP contribution in [0.2, 0.25) is 0 Å². The van der Waals surface area contributed by atoms with Crippen LogP contribution in [0.5, 0.6) is 0 Å². The van der Waals surface area contributed by atoms with Crippen LogP contribution in [0.15, 0.2) is 6.33 Å². The van der Waals surface area contributed by atoms with Crippen molar-refractivity contribution in [2.75, 3.05) is 5.73 Å². The van der Waals surface area contributed by atoms with Crippen LogP contribution in [0, 0.1) is 5.92 Å². The molecule has 0 aromatic carbocycles. The van der Waals surface area contributed by atoms with E-state index < -0.39 is 18.0 Å². The van der Waals surface area contributed by atoms with Gasteiger partial charge in [-0.05, 0) is 12.8 Å². The van der Waals surface area contributed by atoms with Crippen LogP contribution >= 0.6 is 0 Å². The van der Waals surface area contributed by atoms with Crippen LogP contribution in [-0.2, 0) is 0 Å². The molecular weight excluding hydrogens is 271 g/mol. The number of nitrogens with two attached hydrogens (primary N) is 1. The number of hydrogen-bond donors (Lipinski definition) is 2. The van der Waals surface area contributed by atoms with Crippen LogP contribution < -0.4 is 5.73 Å². The van der Waals surface area contributed by atoms with Crippen molar-refractivity contribution in [3.8, 4) is 0 Å². The van der Waals surface area contributed by atoms with Gasteiger partial charge in [-0.15, -0.1) is 0 Å². The van der Waals surface area contributed by atoms with E-state index in [0.29, 0.717) is 29.8 Å². The highest BCUT2D eigenvalue weighted by atomic mass is 19.4. The van der Waals surface area contributed by atoms with Gasteiger partial charge in [0.2, 0.25) is 0 Å². The van der Waals surface area contributed by atoms with E-state index in [0.717, 1.165) is 6.42 Å². The summed E-state index contributed by atoms with van der Waals surface area (Å²) in [7, 11) is 0. The third-order valence-electron chi connectivity index (χ3n) is 3.87. The lowest BCUT2D eigenvalue weighted by Gasteiger charge is -2.31. The van der Waals surface area contributed by atoms with Gasteiger partial charge >= 0.3 is 6.18 Å². The molecule has 0 aliphatic heterocycles. The number of nitrogens with one attached hydrogen (secondary N) is 1. The quantitative estimate of drug-likeness (QED) is 0.844. The first kappa shape index (κ1) is 13.1. The molecule has 2 atom stereocenters. The number of nitrogen functional groups attached to an aromatic ring is 1. The Morgan fingerprint density at radius 2 is 1.95 bits per heavy atom. The van der Waals surface area contributed by atoms with Crippen molar-refractivity contribution in [3.63, 3.8) is 0 Å². The van der Waals surface area contributed by atoms with E-state index in [4.69, 9.17) is 5.73 Å². The number of halogens is 3. The molecule has 0 bridgehead atoms. The normalized spacial score (nSPS) is 24.1. The summed E-state index contributed by atoms with van der Waals surface area (Å²) in [6.07, 6.45) is -0.965. The SMILES string of the molecule is Nc1ncnc2nc(C3CCCCC3C(F)(F)F)[nH]c12. The number of anilines is 1. The van der Waals surface area contributed by atoms with Gasteiger partial charge in [0.1, 0.15) is 17.7 Å². The van der Waals surface area contributed by atoms with Crippen molar-refractivity contribution in [3.05, 3.63) is 12.2 Å². The smallest absolute Gasteiger partial charge is 0.382 e. The van der Waals surface area contributed by atoms with Gasteiger partial charge in [0.05, 0.1) is 5.92 Å². The van der Waals surface area contributed by atoms with Crippen molar-refractivity contribution in [2.24, 2.45) is 5.92 Å². The maximum atomic E-state index is 13.1. The molecule has 0 spiro atoms. The van der Waals surface area contributed by atoms with Gasteiger partial charge in [0.25, 0.3) is 0 Å². The van der Waals surface area contributed by atoms with E-state index in [9.17, 15) is 13.2 Å². The molecular formula is C12H14F3N5. The van der Waals surface area contributed by atoms with Crippen LogP contribution in [-0.4, -0.2) is 26.1 Å². The fourth-order valence-electron chi connectivity index (χ4n) is 2.89. The summed E-state index contributed by atoms with van der Waals surface area (Å²) < 4.78 is 39.4. The average Bonchev–Trinajstić information content (AvgIpc) is 2.83. The number of alkyl halides is 3. The highest BCUT2D eigenvalue weighted by Crippen LogP contribution is 2.45. The molecule has 0 amide bonds. The second kappa shape index (κ2) is 4.60. The van der Waals surface area contributed by atoms with Crippen LogP contribution in [0.3, 0.4) is 0 Å². The summed E-state index contributed by atoms with van der Waals surface area (Å²) in [5, 5.41) is 0. The second-order valence-corrected chi connectivity index (χ2v) is 5.12. The predicted molar refractivity (Wildman–Crippen MR) is 66.9 cm³/mol. The summed E-state index contributed by atoms with van der Waals surface area (Å²) in [6.45, 7) is 0. The summed E-state index contributed by atoms with van der Waals surface area (Å²) >= 11 is 0. The zero-order valence-electron chi connectivity index (χ0n) is 10.6. The molecule has 1 fully saturated rings. The molecule has 0 saturated heterocycles. The first-order chi connectivity index (χ1) is 9.47. The predicted octanol–water partition coefficient (Wildman–Crippen LogP) is 2.77. The van der Waals surface area contributed by atoms with Crippen molar-refractivity contribution in [1.29, 1.82) is 0 Å². The minimum absolute atomic E-state index is 0.145. The average molecular weight is 285 g/mol. The highest BCUT2D eigenvalue weighted by Gasteiger charge is 2.47. The van der Waals surface area contributed by atoms with Gasteiger partial charge in [-0.1, -0.05) is 12.8 Å². The van der Waals surface area contributed by atoms with E-state index in [-0.39, 0.29) is 12.2 Å².